The maximum absolute atomic E-state index is 11.8. The third-order valence-corrected chi connectivity index (χ3v) is 4.85. The monoisotopic (exact) mass is 561 g/mol. The molecule has 0 saturated carbocycles. The molecule has 1 aliphatic rings. The van der Waals surface area contributed by atoms with Gasteiger partial charge in [-0.05, 0) is 63.6 Å². The minimum atomic E-state index is -0.198. The average molecular weight is 562 g/mol. The minimum absolute atomic E-state index is 0. The molecule has 1 aliphatic heterocycles. The van der Waals surface area contributed by atoms with Gasteiger partial charge in [0.25, 0.3) is 0 Å². The SMILES string of the molecule is CCNC(=NCc1ccc(NC(=O)NC(C)C)cc1)NCCCOCC1CCOCC1.I. The van der Waals surface area contributed by atoms with E-state index in [1.807, 2.05) is 38.1 Å². The predicted molar refractivity (Wildman–Crippen MR) is 141 cm³/mol. The molecular formula is C23H40IN5O3. The number of halogens is 1. The van der Waals surface area contributed by atoms with Gasteiger partial charge in [0.15, 0.2) is 5.96 Å². The van der Waals surface area contributed by atoms with Crippen molar-refractivity contribution in [2.45, 2.75) is 52.6 Å². The highest BCUT2D eigenvalue weighted by Gasteiger charge is 2.13. The van der Waals surface area contributed by atoms with E-state index >= 15 is 0 Å². The molecule has 0 spiro atoms. The summed E-state index contributed by atoms with van der Waals surface area (Å²) in [6.45, 7) is 11.4. The summed E-state index contributed by atoms with van der Waals surface area (Å²) < 4.78 is 11.2. The van der Waals surface area contributed by atoms with Crippen molar-refractivity contribution >= 4 is 41.7 Å². The predicted octanol–water partition coefficient (Wildman–Crippen LogP) is 3.72. The molecule has 0 unspecified atom stereocenters. The molecule has 1 aromatic rings. The van der Waals surface area contributed by atoms with Gasteiger partial charge in [-0.2, -0.15) is 0 Å². The second-order valence-electron chi connectivity index (χ2n) is 8.06. The quantitative estimate of drug-likeness (QED) is 0.143. The van der Waals surface area contributed by atoms with E-state index in [9.17, 15) is 4.79 Å². The van der Waals surface area contributed by atoms with E-state index < -0.39 is 0 Å². The van der Waals surface area contributed by atoms with E-state index in [4.69, 9.17) is 9.47 Å². The van der Waals surface area contributed by atoms with Crippen molar-refractivity contribution in [1.29, 1.82) is 0 Å². The van der Waals surface area contributed by atoms with E-state index in [0.29, 0.717) is 12.5 Å². The molecule has 2 amide bonds. The van der Waals surface area contributed by atoms with Crippen molar-refractivity contribution in [3.63, 3.8) is 0 Å². The Morgan fingerprint density at radius 2 is 1.91 bits per heavy atom. The fourth-order valence-corrected chi connectivity index (χ4v) is 3.18. The van der Waals surface area contributed by atoms with Crippen LogP contribution in [0.4, 0.5) is 10.5 Å². The first kappa shape index (κ1) is 28.4. The van der Waals surface area contributed by atoms with Gasteiger partial charge in [0, 0.05) is 51.2 Å². The molecule has 1 heterocycles. The van der Waals surface area contributed by atoms with Crippen molar-refractivity contribution in [3.05, 3.63) is 29.8 Å². The second-order valence-corrected chi connectivity index (χ2v) is 8.06. The average Bonchev–Trinajstić information content (AvgIpc) is 2.75. The van der Waals surface area contributed by atoms with Gasteiger partial charge in [-0.1, -0.05) is 12.1 Å². The zero-order valence-electron chi connectivity index (χ0n) is 19.6. The largest absolute Gasteiger partial charge is 0.381 e. The summed E-state index contributed by atoms with van der Waals surface area (Å²) in [5.41, 5.74) is 1.84. The highest BCUT2D eigenvalue weighted by Crippen LogP contribution is 2.14. The number of benzene rings is 1. The Balaban J connectivity index is 0.00000512. The van der Waals surface area contributed by atoms with E-state index in [-0.39, 0.29) is 36.0 Å². The van der Waals surface area contributed by atoms with Crippen LogP contribution in [0.25, 0.3) is 0 Å². The molecule has 32 heavy (non-hydrogen) atoms. The van der Waals surface area contributed by atoms with Crippen LogP contribution < -0.4 is 21.3 Å². The van der Waals surface area contributed by atoms with E-state index in [2.05, 4.69) is 33.2 Å². The van der Waals surface area contributed by atoms with Crippen LogP contribution in [0.3, 0.4) is 0 Å². The molecule has 4 N–H and O–H groups in total. The molecule has 1 saturated heterocycles. The number of anilines is 1. The van der Waals surface area contributed by atoms with Crippen LogP contribution in [0.1, 0.15) is 45.6 Å². The van der Waals surface area contributed by atoms with Crippen LogP contribution >= 0.6 is 24.0 Å². The number of amides is 2. The van der Waals surface area contributed by atoms with Gasteiger partial charge in [-0.3, -0.25) is 0 Å². The molecule has 2 rings (SSSR count). The summed E-state index contributed by atoms with van der Waals surface area (Å²) in [6.07, 6.45) is 3.15. The van der Waals surface area contributed by atoms with Crippen molar-refractivity contribution < 1.29 is 14.3 Å². The molecule has 182 valence electrons. The number of carbonyl (C=O) groups is 1. The molecule has 0 aromatic heterocycles. The lowest BCUT2D eigenvalue weighted by Crippen LogP contribution is -2.38. The summed E-state index contributed by atoms with van der Waals surface area (Å²) in [5, 5.41) is 12.3. The molecule has 9 heteroatoms. The minimum Gasteiger partial charge on any atom is -0.381 e. The lowest BCUT2D eigenvalue weighted by atomic mass is 10.0. The highest BCUT2D eigenvalue weighted by atomic mass is 127. The zero-order valence-corrected chi connectivity index (χ0v) is 21.9. The number of hydrogen-bond acceptors (Lipinski definition) is 4. The summed E-state index contributed by atoms with van der Waals surface area (Å²) in [4.78, 5) is 16.4. The number of ether oxygens (including phenoxy) is 2. The number of rotatable bonds is 11. The molecule has 8 nitrogen and oxygen atoms in total. The Bertz CT molecular complexity index is 664. The Morgan fingerprint density at radius 3 is 2.56 bits per heavy atom. The van der Waals surface area contributed by atoms with Gasteiger partial charge in [0.2, 0.25) is 0 Å². The van der Waals surface area contributed by atoms with Gasteiger partial charge in [-0.15, -0.1) is 24.0 Å². The normalized spacial score (nSPS) is 14.6. The number of hydrogen-bond donors (Lipinski definition) is 4. The Hall–Kier alpha value is -1.59. The number of aliphatic imine (C=N–C) groups is 1. The summed E-state index contributed by atoms with van der Waals surface area (Å²) in [7, 11) is 0. The smallest absolute Gasteiger partial charge is 0.319 e. The fraction of sp³-hybridized carbons (Fsp3) is 0.652. The van der Waals surface area contributed by atoms with Crippen molar-refractivity contribution in [2.75, 3.05) is 44.8 Å². The molecule has 0 atom stereocenters. The first-order chi connectivity index (χ1) is 15.1. The molecule has 0 radical (unpaired) electrons. The first-order valence-corrected chi connectivity index (χ1v) is 11.4. The van der Waals surface area contributed by atoms with Crippen molar-refractivity contribution in [1.82, 2.24) is 16.0 Å². The Labute approximate surface area is 209 Å². The molecule has 1 fully saturated rings. The zero-order chi connectivity index (χ0) is 22.3. The Morgan fingerprint density at radius 1 is 1.19 bits per heavy atom. The number of nitrogens with one attached hydrogen (secondary N) is 4. The van der Waals surface area contributed by atoms with E-state index in [1.54, 1.807) is 0 Å². The van der Waals surface area contributed by atoms with Crippen LogP contribution in [0.15, 0.2) is 29.3 Å². The number of guanidine groups is 1. The van der Waals surface area contributed by atoms with Gasteiger partial charge < -0.3 is 30.7 Å². The molecule has 0 bridgehead atoms. The number of nitrogens with zero attached hydrogens (tertiary/aromatic N) is 1. The van der Waals surface area contributed by atoms with Crippen LogP contribution in [0.5, 0.6) is 0 Å². The molecular weight excluding hydrogens is 521 g/mol. The van der Waals surface area contributed by atoms with Crippen LogP contribution in [-0.2, 0) is 16.0 Å². The second kappa shape index (κ2) is 17.0. The van der Waals surface area contributed by atoms with Gasteiger partial charge >= 0.3 is 6.03 Å². The van der Waals surface area contributed by atoms with Crippen molar-refractivity contribution in [3.8, 4) is 0 Å². The third-order valence-electron chi connectivity index (χ3n) is 4.85. The van der Waals surface area contributed by atoms with Crippen LogP contribution in [-0.4, -0.2) is 57.5 Å². The Kier molecular flexibility index (Phi) is 15.1. The highest BCUT2D eigenvalue weighted by molar-refractivity contribution is 14.0. The van der Waals surface area contributed by atoms with Crippen molar-refractivity contribution in [2.24, 2.45) is 10.9 Å². The maximum Gasteiger partial charge on any atom is 0.319 e. The molecule has 0 aliphatic carbocycles. The number of carbonyl (C=O) groups excluding carboxylic acids is 1. The summed E-state index contributed by atoms with van der Waals surface area (Å²) in [5.74, 6) is 1.44. The molecule has 1 aromatic carbocycles. The standard InChI is InChI=1S/C23H39N5O3.HI/c1-4-24-22(25-12-5-13-31-17-20-10-14-30-15-11-20)26-16-19-6-8-21(9-7-19)28-23(29)27-18(2)3;/h6-9,18,20H,4-5,10-17H2,1-3H3,(H2,24,25,26)(H2,27,28,29);1H. The lowest BCUT2D eigenvalue weighted by molar-refractivity contribution is 0.0203. The summed E-state index contributed by atoms with van der Waals surface area (Å²) >= 11 is 0. The first-order valence-electron chi connectivity index (χ1n) is 11.4. The number of urea groups is 1. The topological polar surface area (TPSA) is 96.0 Å². The van der Waals surface area contributed by atoms with Gasteiger partial charge in [0.05, 0.1) is 6.54 Å². The van der Waals surface area contributed by atoms with E-state index in [0.717, 1.165) is 76.0 Å². The third kappa shape index (κ3) is 12.4. The lowest BCUT2D eigenvalue weighted by Gasteiger charge is -2.21. The fourth-order valence-electron chi connectivity index (χ4n) is 3.18. The van der Waals surface area contributed by atoms with Crippen LogP contribution in [0, 0.1) is 5.92 Å². The van der Waals surface area contributed by atoms with Gasteiger partial charge in [-0.25, -0.2) is 9.79 Å². The van der Waals surface area contributed by atoms with E-state index in [1.165, 1.54) is 0 Å². The van der Waals surface area contributed by atoms with Gasteiger partial charge in [0.1, 0.15) is 0 Å². The maximum atomic E-state index is 11.8. The summed E-state index contributed by atoms with van der Waals surface area (Å²) in [6, 6.07) is 7.63. The van der Waals surface area contributed by atoms with Crippen LogP contribution in [0.2, 0.25) is 0 Å².